The predicted octanol–water partition coefficient (Wildman–Crippen LogP) is 4.56. The zero-order chi connectivity index (χ0) is 23.7. The molecule has 0 bridgehead atoms. The summed E-state index contributed by atoms with van der Waals surface area (Å²) in [4.78, 5) is 43.8. The lowest BCUT2D eigenvalue weighted by atomic mass is 10.0. The van der Waals surface area contributed by atoms with E-state index in [9.17, 15) is 18.8 Å². The maximum absolute atomic E-state index is 13.4. The van der Waals surface area contributed by atoms with Gasteiger partial charge in [-0.3, -0.25) is 14.2 Å². The Labute approximate surface area is 192 Å². The molecule has 1 N–H and O–H groups in total. The highest BCUT2D eigenvalue weighted by Crippen LogP contribution is 2.35. The monoisotopic (exact) mass is 465 g/mol. The number of nitrogens with one attached hydrogen (secondary N) is 1. The molecule has 0 aliphatic heterocycles. The van der Waals surface area contributed by atoms with Crippen molar-refractivity contribution in [3.63, 3.8) is 0 Å². The number of benzene rings is 2. The van der Waals surface area contributed by atoms with Crippen LogP contribution in [0.5, 0.6) is 0 Å². The van der Waals surface area contributed by atoms with E-state index in [1.807, 2.05) is 6.92 Å². The first-order chi connectivity index (χ1) is 15.8. The third kappa shape index (κ3) is 4.27. The largest absolute Gasteiger partial charge is 0.465 e. The van der Waals surface area contributed by atoms with Crippen LogP contribution in [0.15, 0.2) is 59.7 Å². The van der Waals surface area contributed by atoms with Gasteiger partial charge in [0.05, 0.1) is 24.4 Å². The van der Waals surface area contributed by atoms with Crippen molar-refractivity contribution in [2.24, 2.45) is 0 Å². The molecule has 33 heavy (non-hydrogen) atoms. The molecule has 0 radical (unpaired) electrons. The summed E-state index contributed by atoms with van der Waals surface area (Å²) >= 11 is 1.37. The second-order valence-corrected chi connectivity index (χ2v) is 8.62. The Morgan fingerprint density at radius 3 is 2.61 bits per heavy atom. The Morgan fingerprint density at radius 1 is 1.18 bits per heavy atom. The maximum Gasteiger partial charge on any atom is 0.337 e. The number of esters is 1. The van der Waals surface area contributed by atoms with Gasteiger partial charge in [0.2, 0.25) is 5.91 Å². The van der Waals surface area contributed by atoms with Crippen LogP contribution in [0.1, 0.15) is 28.2 Å². The lowest BCUT2D eigenvalue weighted by Crippen LogP contribution is -2.31. The number of hydrogen-bond donors (Lipinski definition) is 1. The normalized spacial score (nSPS) is 11.9. The van der Waals surface area contributed by atoms with Gasteiger partial charge in [-0.05, 0) is 49.7 Å². The summed E-state index contributed by atoms with van der Waals surface area (Å²) in [7, 11) is 1.28. The van der Waals surface area contributed by atoms with Crippen LogP contribution in [-0.2, 0) is 9.53 Å². The van der Waals surface area contributed by atoms with Gasteiger partial charge in [-0.15, -0.1) is 11.3 Å². The molecule has 1 unspecified atom stereocenters. The number of amides is 1. The minimum atomic E-state index is -0.877. The number of aromatic nitrogens is 2. The minimum Gasteiger partial charge on any atom is -0.465 e. The average Bonchev–Trinajstić information content (AvgIpc) is 3.15. The standard InChI is InChI=1S/C24H20FN3O4S/c1-13(21(29)27-18-6-4-5-16(11-18)24(31)32-3)28-12-26-22-20(23(28)30)19(14(2)33-22)15-7-9-17(25)10-8-15/h4-13H,1-3H3,(H,27,29). The summed E-state index contributed by atoms with van der Waals surface area (Å²) in [5.41, 5.74) is 1.71. The van der Waals surface area contributed by atoms with Crippen molar-refractivity contribution in [2.75, 3.05) is 12.4 Å². The number of rotatable bonds is 5. The summed E-state index contributed by atoms with van der Waals surface area (Å²) in [6.45, 7) is 3.46. The zero-order valence-electron chi connectivity index (χ0n) is 18.1. The van der Waals surface area contributed by atoms with Crippen molar-refractivity contribution in [2.45, 2.75) is 19.9 Å². The highest BCUT2D eigenvalue weighted by molar-refractivity contribution is 7.19. The summed E-state index contributed by atoms with van der Waals surface area (Å²) in [5.74, 6) is -1.34. The molecule has 0 spiro atoms. The van der Waals surface area contributed by atoms with Gasteiger partial charge in [0.25, 0.3) is 5.56 Å². The van der Waals surface area contributed by atoms with Crippen LogP contribution in [0.25, 0.3) is 21.3 Å². The Balaban J connectivity index is 1.70. The molecule has 1 atom stereocenters. The van der Waals surface area contributed by atoms with Gasteiger partial charge in [0.1, 0.15) is 16.7 Å². The Bertz CT molecular complexity index is 1430. The third-order valence-corrected chi connectivity index (χ3v) is 6.31. The fraction of sp³-hybridized carbons (Fsp3) is 0.167. The number of carbonyl (C=O) groups is 2. The second-order valence-electron chi connectivity index (χ2n) is 7.41. The number of carbonyl (C=O) groups excluding carboxylic acids is 2. The molecule has 7 nitrogen and oxygen atoms in total. The van der Waals surface area contributed by atoms with Crippen LogP contribution >= 0.6 is 11.3 Å². The summed E-state index contributed by atoms with van der Waals surface area (Å²) in [5, 5.41) is 3.11. The molecule has 2 aromatic heterocycles. The molecule has 168 valence electrons. The molecule has 2 aromatic carbocycles. The number of methoxy groups -OCH3 is 1. The first kappa shape index (κ1) is 22.3. The predicted molar refractivity (Wildman–Crippen MR) is 125 cm³/mol. The van der Waals surface area contributed by atoms with Crippen LogP contribution in [0.4, 0.5) is 10.1 Å². The second kappa shape index (κ2) is 8.95. The Morgan fingerprint density at radius 2 is 1.91 bits per heavy atom. The summed E-state index contributed by atoms with van der Waals surface area (Å²) in [6.07, 6.45) is 1.35. The van der Waals surface area contributed by atoms with E-state index in [4.69, 9.17) is 4.74 Å². The quantitative estimate of drug-likeness (QED) is 0.437. The Hall–Kier alpha value is -3.85. The van der Waals surface area contributed by atoms with Gasteiger partial charge < -0.3 is 10.1 Å². The molecular weight excluding hydrogens is 445 g/mol. The van der Waals surface area contributed by atoms with E-state index < -0.39 is 17.9 Å². The lowest BCUT2D eigenvalue weighted by Gasteiger charge is -2.15. The number of hydrogen-bond acceptors (Lipinski definition) is 6. The van der Waals surface area contributed by atoms with E-state index in [1.165, 1.54) is 47.5 Å². The van der Waals surface area contributed by atoms with E-state index in [0.29, 0.717) is 32.6 Å². The summed E-state index contributed by atoms with van der Waals surface area (Å²) in [6, 6.07) is 11.4. The molecule has 0 aliphatic rings. The molecule has 2 heterocycles. The third-order valence-electron chi connectivity index (χ3n) is 5.29. The van der Waals surface area contributed by atoms with Crippen molar-refractivity contribution in [3.05, 3.63) is 81.5 Å². The van der Waals surface area contributed by atoms with Crippen LogP contribution in [0.3, 0.4) is 0 Å². The van der Waals surface area contributed by atoms with E-state index in [1.54, 1.807) is 37.3 Å². The molecular formula is C24H20FN3O4S. The molecule has 0 aliphatic carbocycles. The van der Waals surface area contributed by atoms with E-state index in [-0.39, 0.29) is 11.4 Å². The SMILES string of the molecule is COC(=O)c1cccc(NC(=O)C(C)n2cnc3sc(C)c(-c4ccc(F)cc4)c3c2=O)c1. The molecule has 0 saturated heterocycles. The number of halogens is 1. The number of aryl methyl sites for hydroxylation is 1. The lowest BCUT2D eigenvalue weighted by molar-refractivity contribution is -0.118. The van der Waals surface area contributed by atoms with Gasteiger partial charge in [0, 0.05) is 16.1 Å². The topological polar surface area (TPSA) is 90.3 Å². The van der Waals surface area contributed by atoms with E-state index in [2.05, 4.69) is 10.3 Å². The van der Waals surface area contributed by atoms with Crippen LogP contribution in [0.2, 0.25) is 0 Å². The minimum absolute atomic E-state index is 0.292. The van der Waals surface area contributed by atoms with Crippen molar-refractivity contribution in [1.29, 1.82) is 0 Å². The van der Waals surface area contributed by atoms with Crippen molar-refractivity contribution in [3.8, 4) is 11.1 Å². The fourth-order valence-electron chi connectivity index (χ4n) is 3.57. The highest BCUT2D eigenvalue weighted by Gasteiger charge is 2.22. The highest BCUT2D eigenvalue weighted by atomic mass is 32.1. The van der Waals surface area contributed by atoms with Crippen molar-refractivity contribution >= 4 is 39.1 Å². The van der Waals surface area contributed by atoms with Gasteiger partial charge in [0.15, 0.2) is 0 Å². The number of nitrogens with zero attached hydrogens (tertiary/aromatic N) is 2. The smallest absolute Gasteiger partial charge is 0.337 e. The Kier molecular flexibility index (Phi) is 6.06. The van der Waals surface area contributed by atoms with E-state index >= 15 is 0 Å². The first-order valence-electron chi connectivity index (χ1n) is 10.1. The molecule has 0 saturated carbocycles. The molecule has 4 rings (SSSR count). The van der Waals surface area contributed by atoms with Crippen LogP contribution < -0.4 is 10.9 Å². The average molecular weight is 466 g/mol. The number of ether oxygens (including phenoxy) is 1. The zero-order valence-corrected chi connectivity index (χ0v) is 18.9. The molecule has 1 amide bonds. The number of anilines is 1. The fourth-order valence-corrected chi connectivity index (χ4v) is 4.57. The number of thiophene rings is 1. The van der Waals surface area contributed by atoms with Gasteiger partial charge in [-0.1, -0.05) is 18.2 Å². The maximum atomic E-state index is 13.4. The molecule has 4 aromatic rings. The van der Waals surface area contributed by atoms with Crippen LogP contribution in [0, 0.1) is 12.7 Å². The van der Waals surface area contributed by atoms with Gasteiger partial charge in [-0.2, -0.15) is 0 Å². The van der Waals surface area contributed by atoms with Gasteiger partial charge in [-0.25, -0.2) is 14.2 Å². The number of fused-ring (bicyclic) bond motifs is 1. The molecule has 9 heteroatoms. The van der Waals surface area contributed by atoms with Gasteiger partial charge >= 0.3 is 5.97 Å². The summed E-state index contributed by atoms with van der Waals surface area (Å²) < 4.78 is 19.4. The van der Waals surface area contributed by atoms with Crippen molar-refractivity contribution < 1.29 is 18.7 Å². The van der Waals surface area contributed by atoms with E-state index in [0.717, 1.165) is 4.88 Å². The van der Waals surface area contributed by atoms with Crippen molar-refractivity contribution in [1.82, 2.24) is 9.55 Å². The first-order valence-corrected chi connectivity index (χ1v) is 10.9. The molecule has 0 fully saturated rings. The van der Waals surface area contributed by atoms with Crippen LogP contribution in [-0.4, -0.2) is 28.5 Å².